The van der Waals surface area contributed by atoms with Gasteiger partial charge in [-0.15, -0.1) is 4.79 Å². The molecule has 0 saturated heterocycles. The molecule has 252 valence electrons. The van der Waals surface area contributed by atoms with Crippen molar-refractivity contribution in [2.75, 3.05) is 13.2 Å². The molecule has 2 rings (SSSR count). The summed E-state index contributed by atoms with van der Waals surface area (Å²) in [6.45, 7) is 8.55. The predicted molar refractivity (Wildman–Crippen MR) is 182 cm³/mol. The predicted octanol–water partition coefficient (Wildman–Crippen LogP) is 9.18. The van der Waals surface area contributed by atoms with Crippen LogP contribution in [0.15, 0.2) is 46.2 Å². The molecule has 2 aromatic rings. The molecule has 0 radical (unpaired) electrons. The Labute approximate surface area is 272 Å². The van der Waals surface area contributed by atoms with Gasteiger partial charge in [0.1, 0.15) is 11.5 Å². The minimum Gasteiger partial charge on any atom is -0.494 e. The number of rotatable bonds is 22. The fraction of sp³-hybridized carbons (Fsp3) is 0.629. The van der Waals surface area contributed by atoms with Crippen LogP contribution >= 0.6 is 0 Å². The number of hydrogen-bond donors (Lipinski definition) is 0. The Balaban J connectivity index is 1.99. The second-order valence-electron chi connectivity index (χ2n) is 11.9. The van der Waals surface area contributed by atoms with Gasteiger partial charge in [-0.3, -0.25) is 0 Å². The SMILES string of the molecule is CCCCCCCCCCOc1ccc(S(=O)(=O)C(=[N+]=[N-])S(=O)(=O)c2ccc(OCCCCCCCCCC)cc2C)c(C)c1. The number of sulfone groups is 2. The van der Waals surface area contributed by atoms with Crippen LogP contribution in [0.25, 0.3) is 5.53 Å². The minimum atomic E-state index is -4.68. The van der Waals surface area contributed by atoms with Crippen LogP contribution in [0.5, 0.6) is 11.5 Å². The summed E-state index contributed by atoms with van der Waals surface area (Å²) in [5.74, 6) is 0.997. The van der Waals surface area contributed by atoms with Crippen LogP contribution in [0.1, 0.15) is 128 Å². The van der Waals surface area contributed by atoms with E-state index in [1.54, 1.807) is 26.0 Å². The molecule has 0 N–H and O–H groups in total. The molecule has 0 saturated carbocycles. The van der Waals surface area contributed by atoms with Crippen molar-refractivity contribution in [3.8, 4) is 11.5 Å². The molecule has 0 aromatic heterocycles. The van der Waals surface area contributed by atoms with Crippen molar-refractivity contribution in [2.24, 2.45) is 0 Å². The van der Waals surface area contributed by atoms with Gasteiger partial charge in [0.25, 0.3) is 19.7 Å². The molecule has 0 aliphatic heterocycles. The van der Waals surface area contributed by atoms with Crippen molar-refractivity contribution < 1.29 is 31.1 Å². The zero-order valence-corrected chi connectivity index (χ0v) is 29.5. The lowest BCUT2D eigenvalue weighted by Gasteiger charge is -2.11. The van der Waals surface area contributed by atoms with Gasteiger partial charge in [-0.2, -0.15) is 0 Å². The first kappa shape index (κ1) is 38.5. The fourth-order valence-electron chi connectivity index (χ4n) is 5.32. The number of benzene rings is 2. The molecule has 45 heavy (non-hydrogen) atoms. The third-order valence-corrected chi connectivity index (χ3v) is 12.4. The number of aryl methyl sites for hydroxylation is 2. The average molecular weight is 663 g/mol. The van der Waals surface area contributed by atoms with Gasteiger partial charge >= 0.3 is 4.38 Å². The molecule has 0 heterocycles. The van der Waals surface area contributed by atoms with E-state index < -0.39 is 24.1 Å². The minimum absolute atomic E-state index is 0.263. The van der Waals surface area contributed by atoms with Gasteiger partial charge in [0.05, 0.1) is 23.0 Å². The van der Waals surface area contributed by atoms with Gasteiger partial charge in [-0.25, -0.2) is 16.8 Å². The van der Waals surface area contributed by atoms with E-state index in [0.717, 1.165) is 38.5 Å². The molecular formula is C35H54N2O6S2. The molecule has 2 aromatic carbocycles. The van der Waals surface area contributed by atoms with E-state index in [4.69, 9.17) is 9.47 Å². The van der Waals surface area contributed by atoms with E-state index in [1.165, 1.54) is 88.5 Å². The molecule has 0 spiro atoms. The maximum Gasteiger partial charge on any atom is 0.504 e. The Morgan fingerprint density at radius 1 is 0.578 bits per heavy atom. The molecule has 0 aliphatic carbocycles. The highest BCUT2D eigenvalue weighted by molar-refractivity contribution is 8.31. The molecule has 0 unspecified atom stereocenters. The van der Waals surface area contributed by atoms with Crippen LogP contribution in [-0.2, 0) is 19.7 Å². The van der Waals surface area contributed by atoms with Crippen LogP contribution in [-0.4, -0.2) is 39.2 Å². The maximum atomic E-state index is 13.5. The van der Waals surface area contributed by atoms with Crippen LogP contribution in [0, 0.1) is 13.8 Å². The topological polar surface area (TPSA) is 123 Å². The maximum absolute atomic E-state index is 13.5. The van der Waals surface area contributed by atoms with Crippen LogP contribution in [0.3, 0.4) is 0 Å². The molecule has 0 atom stereocenters. The molecule has 0 aliphatic rings. The third kappa shape index (κ3) is 12.6. The van der Waals surface area contributed by atoms with E-state index in [2.05, 4.69) is 18.6 Å². The summed E-state index contributed by atoms with van der Waals surface area (Å²) in [5, 5.41) is 0. The first-order chi connectivity index (χ1) is 21.6. The second-order valence-corrected chi connectivity index (χ2v) is 15.8. The zero-order valence-electron chi connectivity index (χ0n) is 27.9. The summed E-state index contributed by atoms with van der Waals surface area (Å²) in [6.07, 6.45) is 18.8. The number of hydrogen-bond acceptors (Lipinski definition) is 6. The zero-order chi connectivity index (χ0) is 33.1. The van der Waals surface area contributed by atoms with Crippen LogP contribution in [0.2, 0.25) is 0 Å². The smallest absolute Gasteiger partial charge is 0.494 e. The highest BCUT2D eigenvalue weighted by Gasteiger charge is 2.45. The first-order valence-electron chi connectivity index (χ1n) is 16.8. The third-order valence-electron chi connectivity index (χ3n) is 7.95. The van der Waals surface area contributed by atoms with Gasteiger partial charge in [0.15, 0.2) is 0 Å². The van der Waals surface area contributed by atoms with E-state index >= 15 is 0 Å². The summed E-state index contributed by atoms with van der Waals surface area (Å²) in [7, 11) is -9.36. The molecular weight excluding hydrogens is 609 g/mol. The number of unbranched alkanes of at least 4 members (excludes halogenated alkanes) is 14. The highest BCUT2D eigenvalue weighted by atomic mass is 32.3. The van der Waals surface area contributed by atoms with Crippen molar-refractivity contribution >= 4 is 24.1 Å². The van der Waals surface area contributed by atoms with Crippen molar-refractivity contribution in [1.29, 1.82) is 0 Å². The van der Waals surface area contributed by atoms with Crippen LogP contribution in [0.4, 0.5) is 0 Å². The van der Waals surface area contributed by atoms with E-state index in [-0.39, 0.29) is 9.79 Å². The lowest BCUT2D eigenvalue weighted by molar-refractivity contribution is 0.00379. The summed E-state index contributed by atoms with van der Waals surface area (Å²) < 4.78 is 64.2. The first-order valence-corrected chi connectivity index (χ1v) is 19.7. The van der Waals surface area contributed by atoms with E-state index in [1.807, 2.05) is 0 Å². The Morgan fingerprint density at radius 3 is 1.22 bits per heavy atom. The van der Waals surface area contributed by atoms with Crippen molar-refractivity contribution in [3.05, 3.63) is 53.1 Å². The van der Waals surface area contributed by atoms with Gasteiger partial charge in [-0.1, -0.05) is 104 Å². The van der Waals surface area contributed by atoms with Gasteiger partial charge in [0.2, 0.25) is 0 Å². The van der Waals surface area contributed by atoms with Gasteiger partial charge in [-0.05, 0) is 74.2 Å². The standard InChI is InChI=1S/C35H54N2O6S2/c1-5-7-9-11-13-15-17-19-25-42-31-21-23-33(29(3)27-31)44(38,39)35(37-36)45(40,41)34-24-22-32(28-30(34)4)43-26-20-18-16-14-12-10-8-6-2/h21-24,27-28H,5-20,25-26H2,1-4H3. The summed E-state index contributed by atoms with van der Waals surface area (Å²) >= 11 is 0. The lowest BCUT2D eigenvalue weighted by atomic mass is 10.1. The molecule has 0 amide bonds. The second kappa shape index (κ2) is 20.4. The Kier molecular flexibility index (Phi) is 17.5. The Morgan fingerprint density at radius 2 is 0.911 bits per heavy atom. The van der Waals surface area contributed by atoms with Crippen molar-refractivity contribution in [1.82, 2.24) is 0 Å². The van der Waals surface area contributed by atoms with E-state index in [0.29, 0.717) is 35.8 Å². The van der Waals surface area contributed by atoms with Crippen molar-refractivity contribution in [2.45, 2.75) is 140 Å². The van der Waals surface area contributed by atoms with Gasteiger partial charge in [0, 0.05) is 0 Å². The monoisotopic (exact) mass is 662 g/mol. The molecule has 0 bridgehead atoms. The summed E-state index contributed by atoms with van der Waals surface area (Å²) in [6, 6.07) is 8.70. The van der Waals surface area contributed by atoms with Crippen molar-refractivity contribution in [3.63, 3.8) is 0 Å². The summed E-state index contributed by atoms with van der Waals surface area (Å²) in [5.41, 5.74) is 10.3. The normalized spacial score (nSPS) is 11.7. The fourth-order valence-corrected chi connectivity index (χ4v) is 9.06. The molecule has 0 fully saturated rings. The molecule has 8 nitrogen and oxygen atoms in total. The average Bonchev–Trinajstić information content (AvgIpc) is 2.99. The number of nitrogens with zero attached hydrogens (tertiary/aromatic N) is 2. The molecule has 10 heteroatoms. The highest BCUT2D eigenvalue weighted by Crippen LogP contribution is 2.29. The lowest BCUT2D eigenvalue weighted by Crippen LogP contribution is -2.27. The van der Waals surface area contributed by atoms with Gasteiger partial charge < -0.3 is 15.0 Å². The Bertz CT molecular complexity index is 1340. The summed E-state index contributed by atoms with van der Waals surface area (Å²) in [4.78, 5) is 2.27. The Hall–Kier alpha value is -2.68. The quantitative estimate of drug-likeness (QED) is 0.0407. The largest absolute Gasteiger partial charge is 0.504 e. The van der Waals surface area contributed by atoms with Crippen LogP contribution < -0.4 is 9.47 Å². The number of ether oxygens (including phenoxy) is 2. The van der Waals surface area contributed by atoms with E-state index in [9.17, 15) is 22.4 Å².